The number of aromatic nitrogens is 1. The van der Waals surface area contributed by atoms with Gasteiger partial charge in [0, 0.05) is 34.1 Å². The number of nitrogens with zero attached hydrogens (tertiary/aromatic N) is 2. The quantitative estimate of drug-likeness (QED) is 0.685. The number of carbonyl (C=O) groups is 2. The molecule has 5 nitrogen and oxygen atoms in total. The number of aromatic amines is 1. The molecule has 0 unspecified atom stereocenters. The number of H-pyrrole nitrogens is 1. The highest BCUT2D eigenvalue weighted by molar-refractivity contribution is 6.30. The SMILES string of the molecule is CC[C@H](C)N1CC(=O)N2[C@@H](c3ccc(Cl)cc3)c3[nH]c4ccccc4c3C[C@H]2C1=O. The minimum absolute atomic E-state index is 0.0100. The molecule has 0 aliphatic carbocycles. The largest absolute Gasteiger partial charge is 0.356 e. The van der Waals surface area contributed by atoms with E-state index in [0.717, 1.165) is 34.1 Å². The molecular weight excluding hydrogens is 398 g/mol. The van der Waals surface area contributed by atoms with E-state index in [2.05, 4.69) is 11.1 Å². The number of piperazine rings is 1. The van der Waals surface area contributed by atoms with Crippen LogP contribution in [0.2, 0.25) is 5.02 Å². The molecule has 0 radical (unpaired) electrons. The van der Waals surface area contributed by atoms with E-state index in [1.165, 1.54) is 0 Å². The van der Waals surface area contributed by atoms with Gasteiger partial charge in [0.2, 0.25) is 11.8 Å². The predicted molar refractivity (Wildman–Crippen MR) is 117 cm³/mol. The lowest BCUT2D eigenvalue weighted by atomic mass is 9.86. The van der Waals surface area contributed by atoms with Gasteiger partial charge in [-0.3, -0.25) is 9.59 Å². The Balaban J connectivity index is 1.70. The molecule has 2 aliphatic rings. The zero-order valence-electron chi connectivity index (χ0n) is 17.1. The van der Waals surface area contributed by atoms with Crippen molar-refractivity contribution in [1.82, 2.24) is 14.8 Å². The first kappa shape index (κ1) is 19.2. The standard InChI is InChI=1S/C24H24ClN3O2/c1-3-14(2)27-13-21(29)28-20(24(27)30)12-18-17-6-4-5-7-19(17)26-22(18)23(28)15-8-10-16(25)11-9-15/h4-11,14,20,23,26H,3,12-13H2,1-2H3/t14-,20-,23-/m0/s1. The zero-order chi connectivity index (χ0) is 21.0. The van der Waals surface area contributed by atoms with E-state index in [-0.39, 0.29) is 30.4 Å². The first-order valence-electron chi connectivity index (χ1n) is 10.5. The van der Waals surface area contributed by atoms with Gasteiger partial charge in [-0.1, -0.05) is 48.9 Å². The Bertz CT molecular complexity index is 1140. The summed E-state index contributed by atoms with van der Waals surface area (Å²) in [5.41, 5.74) is 4.10. The Hall–Kier alpha value is -2.79. The number of benzene rings is 2. The summed E-state index contributed by atoms with van der Waals surface area (Å²) in [6.45, 7) is 4.19. The van der Waals surface area contributed by atoms with Crippen molar-refractivity contribution in [2.24, 2.45) is 0 Å². The molecule has 2 amide bonds. The van der Waals surface area contributed by atoms with Gasteiger partial charge in [0.15, 0.2) is 0 Å². The lowest BCUT2D eigenvalue weighted by Crippen LogP contribution is -2.64. The van der Waals surface area contributed by atoms with Gasteiger partial charge in [-0.2, -0.15) is 0 Å². The molecule has 1 fully saturated rings. The Labute approximate surface area is 180 Å². The lowest BCUT2D eigenvalue weighted by molar-refractivity contribution is -0.160. The van der Waals surface area contributed by atoms with Crippen LogP contribution in [0.1, 0.15) is 43.1 Å². The van der Waals surface area contributed by atoms with Crippen LogP contribution < -0.4 is 0 Å². The fraction of sp³-hybridized carbons (Fsp3) is 0.333. The molecule has 2 aromatic carbocycles. The van der Waals surface area contributed by atoms with Gasteiger partial charge in [0.25, 0.3) is 0 Å². The molecule has 1 aromatic heterocycles. The second-order valence-corrected chi connectivity index (χ2v) is 8.70. The van der Waals surface area contributed by atoms with Crippen molar-refractivity contribution in [3.8, 4) is 0 Å². The fourth-order valence-corrected chi connectivity index (χ4v) is 5.00. The van der Waals surface area contributed by atoms with Crippen LogP contribution >= 0.6 is 11.6 Å². The van der Waals surface area contributed by atoms with E-state index in [0.29, 0.717) is 11.4 Å². The molecule has 2 aliphatic heterocycles. The smallest absolute Gasteiger partial charge is 0.246 e. The maximum atomic E-state index is 13.5. The van der Waals surface area contributed by atoms with Crippen LogP contribution in [0.15, 0.2) is 48.5 Å². The number of fused-ring (bicyclic) bond motifs is 4. The fourth-order valence-electron chi connectivity index (χ4n) is 4.87. The first-order valence-corrected chi connectivity index (χ1v) is 10.8. The number of halogens is 1. The molecule has 30 heavy (non-hydrogen) atoms. The first-order chi connectivity index (χ1) is 14.5. The monoisotopic (exact) mass is 421 g/mol. The number of rotatable bonds is 3. The summed E-state index contributed by atoms with van der Waals surface area (Å²) in [7, 11) is 0. The van der Waals surface area contributed by atoms with Crippen LogP contribution in [0.3, 0.4) is 0 Å². The summed E-state index contributed by atoms with van der Waals surface area (Å²) >= 11 is 6.13. The molecule has 154 valence electrons. The Kier molecular flexibility index (Phi) is 4.58. The van der Waals surface area contributed by atoms with E-state index < -0.39 is 6.04 Å². The summed E-state index contributed by atoms with van der Waals surface area (Å²) in [6, 6.07) is 14.9. The van der Waals surface area contributed by atoms with Crippen molar-refractivity contribution >= 4 is 34.3 Å². The maximum Gasteiger partial charge on any atom is 0.246 e. The lowest BCUT2D eigenvalue weighted by Gasteiger charge is -2.48. The second kappa shape index (κ2) is 7.17. The number of hydrogen-bond donors (Lipinski definition) is 1. The van der Waals surface area contributed by atoms with Gasteiger partial charge in [0.05, 0.1) is 6.04 Å². The zero-order valence-corrected chi connectivity index (χ0v) is 17.8. The van der Waals surface area contributed by atoms with Crippen LogP contribution in [0.25, 0.3) is 10.9 Å². The van der Waals surface area contributed by atoms with Crippen LogP contribution in [0.5, 0.6) is 0 Å². The van der Waals surface area contributed by atoms with Crippen molar-refractivity contribution in [3.05, 3.63) is 70.4 Å². The van der Waals surface area contributed by atoms with E-state index in [1.54, 1.807) is 9.80 Å². The highest BCUT2D eigenvalue weighted by Crippen LogP contribution is 2.42. The van der Waals surface area contributed by atoms with Crippen molar-refractivity contribution in [2.75, 3.05) is 6.54 Å². The van der Waals surface area contributed by atoms with Crippen LogP contribution in [0, 0.1) is 0 Å². The molecule has 6 heteroatoms. The third kappa shape index (κ3) is 2.83. The van der Waals surface area contributed by atoms with Crippen molar-refractivity contribution in [1.29, 1.82) is 0 Å². The molecule has 3 atom stereocenters. The molecule has 1 saturated heterocycles. The number of nitrogens with one attached hydrogen (secondary N) is 1. The van der Waals surface area contributed by atoms with Gasteiger partial charge >= 0.3 is 0 Å². The van der Waals surface area contributed by atoms with E-state index in [9.17, 15) is 9.59 Å². The average molecular weight is 422 g/mol. The molecule has 3 heterocycles. The average Bonchev–Trinajstić information content (AvgIpc) is 3.13. The molecule has 0 saturated carbocycles. The van der Waals surface area contributed by atoms with Crippen LogP contribution in [-0.2, 0) is 16.0 Å². The summed E-state index contributed by atoms with van der Waals surface area (Å²) in [5.74, 6) is 0.0306. The van der Waals surface area contributed by atoms with Crippen molar-refractivity contribution < 1.29 is 9.59 Å². The Morgan fingerprint density at radius 3 is 2.60 bits per heavy atom. The van der Waals surface area contributed by atoms with Gasteiger partial charge in [0.1, 0.15) is 12.6 Å². The van der Waals surface area contributed by atoms with E-state index in [4.69, 9.17) is 11.6 Å². The van der Waals surface area contributed by atoms with Gasteiger partial charge in [-0.25, -0.2) is 0 Å². The van der Waals surface area contributed by atoms with Crippen molar-refractivity contribution in [2.45, 2.75) is 44.8 Å². The normalized spacial score (nSPS) is 22.2. The summed E-state index contributed by atoms with van der Waals surface area (Å²) in [4.78, 5) is 34.0. The summed E-state index contributed by atoms with van der Waals surface area (Å²) < 4.78 is 0. The minimum atomic E-state index is -0.493. The third-order valence-electron chi connectivity index (χ3n) is 6.60. The molecule has 0 bridgehead atoms. The number of carbonyl (C=O) groups excluding carboxylic acids is 2. The highest BCUT2D eigenvalue weighted by atomic mass is 35.5. The molecule has 1 N–H and O–H groups in total. The molecule has 5 rings (SSSR count). The Morgan fingerprint density at radius 1 is 1.13 bits per heavy atom. The molecular formula is C24H24ClN3O2. The topological polar surface area (TPSA) is 56.4 Å². The summed E-state index contributed by atoms with van der Waals surface area (Å²) in [6.07, 6.45) is 1.35. The number of hydrogen-bond acceptors (Lipinski definition) is 2. The highest BCUT2D eigenvalue weighted by Gasteiger charge is 2.48. The van der Waals surface area contributed by atoms with Crippen LogP contribution in [0.4, 0.5) is 0 Å². The third-order valence-corrected chi connectivity index (χ3v) is 6.85. The van der Waals surface area contributed by atoms with E-state index in [1.807, 2.05) is 56.3 Å². The Morgan fingerprint density at radius 2 is 1.87 bits per heavy atom. The predicted octanol–water partition coefficient (Wildman–Crippen LogP) is 4.30. The van der Waals surface area contributed by atoms with Crippen molar-refractivity contribution in [3.63, 3.8) is 0 Å². The minimum Gasteiger partial charge on any atom is -0.356 e. The molecule has 3 aromatic rings. The number of amides is 2. The number of para-hydroxylation sites is 1. The second-order valence-electron chi connectivity index (χ2n) is 8.26. The van der Waals surface area contributed by atoms with Gasteiger partial charge < -0.3 is 14.8 Å². The van der Waals surface area contributed by atoms with Crippen LogP contribution in [-0.4, -0.2) is 45.2 Å². The van der Waals surface area contributed by atoms with Gasteiger partial charge in [-0.15, -0.1) is 0 Å². The molecule has 0 spiro atoms. The van der Waals surface area contributed by atoms with E-state index >= 15 is 0 Å². The summed E-state index contributed by atoms with van der Waals surface area (Å²) in [5, 5.41) is 1.76. The van der Waals surface area contributed by atoms with Gasteiger partial charge in [-0.05, 0) is 42.7 Å². The maximum absolute atomic E-state index is 13.5.